The van der Waals surface area contributed by atoms with Crippen molar-refractivity contribution in [3.05, 3.63) is 35.4 Å². The molecule has 128 valence electrons. The number of amides is 1. The molecule has 6 heteroatoms. The fourth-order valence-electron chi connectivity index (χ4n) is 3.27. The average molecular weight is 328 g/mol. The van der Waals surface area contributed by atoms with E-state index in [9.17, 15) is 18.0 Å². The number of nitrogens with zero attached hydrogens (tertiary/aromatic N) is 2. The molecule has 1 amide bonds. The van der Waals surface area contributed by atoms with Crippen molar-refractivity contribution in [3.8, 4) is 0 Å². The van der Waals surface area contributed by atoms with Crippen LogP contribution in [0.25, 0.3) is 0 Å². The van der Waals surface area contributed by atoms with Crippen LogP contribution in [-0.2, 0) is 6.18 Å². The summed E-state index contributed by atoms with van der Waals surface area (Å²) >= 11 is 0. The molecule has 1 heterocycles. The molecule has 23 heavy (non-hydrogen) atoms. The molecule has 2 atom stereocenters. The Kier molecular flexibility index (Phi) is 5.04. The van der Waals surface area contributed by atoms with Crippen molar-refractivity contribution < 1.29 is 18.0 Å². The molecule has 0 radical (unpaired) electrons. The number of carbonyl (C=O) groups is 1. The van der Waals surface area contributed by atoms with Crippen molar-refractivity contribution in [3.63, 3.8) is 0 Å². The van der Waals surface area contributed by atoms with E-state index in [-0.39, 0.29) is 17.5 Å². The Labute approximate surface area is 135 Å². The summed E-state index contributed by atoms with van der Waals surface area (Å²) in [5, 5.41) is 0. The first kappa shape index (κ1) is 17.8. The molecule has 0 aliphatic carbocycles. The molecular weight excluding hydrogens is 305 g/mol. The summed E-state index contributed by atoms with van der Waals surface area (Å²) in [4.78, 5) is 16.3. The van der Waals surface area contributed by atoms with Crippen molar-refractivity contribution >= 4 is 5.91 Å². The van der Waals surface area contributed by atoms with E-state index in [1.54, 1.807) is 4.90 Å². The van der Waals surface area contributed by atoms with E-state index in [2.05, 4.69) is 13.8 Å². The number of likely N-dealkylation sites (tertiary alicyclic amines) is 1. The van der Waals surface area contributed by atoms with E-state index in [4.69, 9.17) is 0 Å². The van der Waals surface area contributed by atoms with E-state index in [1.165, 1.54) is 18.2 Å². The number of hydrogen-bond acceptors (Lipinski definition) is 2. The topological polar surface area (TPSA) is 23.6 Å². The van der Waals surface area contributed by atoms with Crippen LogP contribution in [-0.4, -0.2) is 48.9 Å². The first-order valence-electron chi connectivity index (χ1n) is 7.74. The lowest BCUT2D eigenvalue weighted by Crippen LogP contribution is -2.37. The second-order valence-electron chi connectivity index (χ2n) is 6.69. The van der Waals surface area contributed by atoms with E-state index in [0.29, 0.717) is 19.0 Å². The third kappa shape index (κ3) is 3.68. The van der Waals surface area contributed by atoms with Crippen LogP contribution < -0.4 is 0 Å². The lowest BCUT2D eigenvalue weighted by molar-refractivity contribution is -0.138. The minimum atomic E-state index is -4.52. The zero-order valence-electron chi connectivity index (χ0n) is 13.9. The third-order valence-electron chi connectivity index (χ3n) is 4.60. The van der Waals surface area contributed by atoms with Crippen molar-refractivity contribution in [2.75, 3.05) is 27.2 Å². The molecule has 3 nitrogen and oxygen atoms in total. The number of rotatable bonds is 3. The first-order valence-corrected chi connectivity index (χ1v) is 7.74. The maximum atomic E-state index is 13.1. The molecular formula is C17H23F3N2O. The first-order chi connectivity index (χ1) is 10.6. The molecule has 0 unspecified atom stereocenters. The molecule has 1 aliphatic rings. The zero-order chi connectivity index (χ0) is 17.4. The van der Waals surface area contributed by atoms with Crippen molar-refractivity contribution in [1.29, 1.82) is 0 Å². The highest BCUT2D eigenvalue weighted by Gasteiger charge is 2.41. The van der Waals surface area contributed by atoms with Crippen LogP contribution in [0.2, 0.25) is 0 Å². The van der Waals surface area contributed by atoms with Gasteiger partial charge in [-0.1, -0.05) is 26.0 Å². The maximum absolute atomic E-state index is 13.1. The van der Waals surface area contributed by atoms with Gasteiger partial charge in [0, 0.05) is 19.1 Å². The number of likely N-dealkylation sites (N-methyl/N-ethyl adjacent to an activating group) is 1. The van der Waals surface area contributed by atoms with Gasteiger partial charge in [-0.3, -0.25) is 4.79 Å². The van der Waals surface area contributed by atoms with Crippen LogP contribution in [0.1, 0.15) is 29.8 Å². The van der Waals surface area contributed by atoms with Crippen LogP contribution in [0.5, 0.6) is 0 Å². The number of carbonyl (C=O) groups excluding carboxylic acids is 1. The Morgan fingerprint density at radius 2 is 1.83 bits per heavy atom. The molecule has 1 aromatic rings. The van der Waals surface area contributed by atoms with Crippen molar-refractivity contribution in [2.45, 2.75) is 26.1 Å². The summed E-state index contributed by atoms with van der Waals surface area (Å²) in [5.74, 6) is 0.0815. The monoisotopic (exact) mass is 328 g/mol. The van der Waals surface area contributed by atoms with E-state index < -0.39 is 17.6 Å². The van der Waals surface area contributed by atoms with Gasteiger partial charge in [-0.25, -0.2) is 0 Å². The molecule has 1 aliphatic heterocycles. The molecule has 0 bridgehead atoms. The summed E-state index contributed by atoms with van der Waals surface area (Å²) in [5.41, 5.74) is -1.12. The second-order valence-corrected chi connectivity index (χ2v) is 6.69. The van der Waals surface area contributed by atoms with Gasteiger partial charge in [0.25, 0.3) is 5.91 Å². The maximum Gasteiger partial charge on any atom is 0.417 e. The highest BCUT2D eigenvalue weighted by molar-refractivity contribution is 5.96. The van der Waals surface area contributed by atoms with Crippen molar-refractivity contribution in [1.82, 2.24) is 9.80 Å². The summed E-state index contributed by atoms with van der Waals surface area (Å²) in [7, 11) is 3.88. The summed E-state index contributed by atoms with van der Waals surface area (Å²) in [6.45, 7) is 5.12. The standard InChI is InChI=1S/C17H23F3N2O/c1-11(2)13-9-22(10-15(13)21(3)4)16(23)12-7-5-6-8-14(12)17(18,19)20/h5-8,11,13,15H,9-10H2,1-4H3/t13-,15+/m0/s1. The van der Waals surface area contributed by atoms with Gasteiger partial charge in [0.15, 0.2) is 0 Å². The van der Waals surface area contributed by atoms with Crippen LogP contribution in [0.4, 0.5) is 13.2 Å². The van der Waals surface area contributed by atoms with E-state index >= 15 is 0 Å². The van der Waals surface area contributed by atoms with Crippen molar-refractivity contribution in [2.24, 2.45) is 11.8 Å². The normalized spacial score (nSPS) is 22.2. The summed E-state index contributed by atoms with van der Waals surface area (Å²) in [6, 6.07) is 5.17. The Hall–Kier alpha value is -1.56. The second kappa shape index (κ2) is 6.51. The van der Waals surface area contributed by atoms with Crippen LogP contribution in [0.3, 0.4) is 0 Å². The quantitative estimate of drug-likeness (QED) is 0.849. The Morgan fingerprint density at radius 1 is 1.22 bits per heavy atom. The van der Waals surface area contributed by atoms with Gasteiger partial charge in [0.05, 0.1) is 11.1 Å². The predicted octanol–water partition coefficient (Wildman–Crippen LogP) is 3.36. The summed E-state index contributed by atoms with van der Waals surface area (Å²) in [6.07, 6.45) is -4.52. The van der Waals surface area contributed by atoms with Crippen LogP contribution in [0, 0.1) is 11.8 Å². The third-order valence-corrected chi connectivity index (χ3v) is 4.60. The van der Waals surface area contributed by atoms with Gasteiger partial charge in [-0.2, -0.15) is 13.2 Å². The number of halogens is 3. The van der Waals surface area contributed by atoms with Gasteiger partial charge in [-0.05, 0) is 38.1 Å². The predicted molar refractivity (Wildman–Crippen MR) is 83.2 cm³/mol. The van der Waals surface area contributed by atoms with Gasteiger partial charge in [0.1, 0.15) is 0 Å². The molecule has 2 rings (SSSR count). The van der Waals surface area contributed by atoms with Crippen LogP contribution >= 0.6 is 0 Å². The largest absolute Gasteiger partial charge is 0.417 e. The van der Waals surface area contributed by atoms with E-state index in [1.807, 2.05) is 19.0 Å². The lowest BCUT2D eigenvalue weighted by atomic mass is 9.91. The Balaban J connectivity index is 2.29. The summed E-state index contributed by atoms with van der Waals surface area (Å²) < 4.78 is 39.4. The minimum Gasteiger partial charge on any atom is -0.337 e. The van der Waals surface area contributed by atoms with Gasteiger partial charge in [-0.15, -0.1) is 0 Å². The minimum absolute atomic E-state index is 0.164. The highest BCUT2D eigenvalue weighted by atomic mass is 19.4. The SMILES string of the molecule is CC(C)[C@@H]1CN(C(=O)c2ccccc2C(F)(F)F)C[C@H]1N(C)C. The molecule has 0 N–H and O–H groups in total. The van der Waals surface area contributed by atoms with Gasteiger partial charge < -0.3 is 9.80 Å². The highest BCUT2D eigenvalue weighted by Crippen LogP contribution is 2.34. The molecule has 1 aromatic carbocycles. The molecule has 0 saturated carbocycles. The average Bonchev–Trinajstić information content (AvgIpc) is 2.91. The molecule has 1 fully saturated rings. The molecule has 0 spiro atoms. The Morgan fingerprint density at radius 3 is 2.30 bits per heavy atom. The van der Waals surface area contributed by atoms with E-state index in [0.717, 1.165) is 6.07 Å². The fourth-order valence-corrected chi connectivity index (χ4v) is 3.27. The van der Waals surface area contributed by atoms with Crippen LogP contribution in [0.15, 0.2) is 24.3 Å². The zero-order valence-corrected chi connectivity index (χ0v) is 13.9. The Bertz CT molecular complexity index is 553. The number of hydrogen-bond donors (Lipinski definition) is 0. The van der Waals surface area contributed by atoms with Gasteiger partial charge >= 0.3 is 6.18 Å². The smallest absolute Gasteiger partial charge is 0.337 e. The number of benzene rings is 1. The fraction of sp³-hybridized carbons (Fsp3) is 0.588. The molecule has 1 saturated heterocycles. The molecule has 0 aromatic heterocycles. The lowest BCUT2D eigenvalue weighted by Gasteiger charge is -2.27. The number of alkyl halides is 3. The van der Waals surface area contributed by atoms with Gasteiger partial charge in [0.2, 0.25) is 0 Å².